The molecule has 0 bridgehead atoms. The number of nitrogens with zero attached hydrogens (tertiary/aromatic N) is 1. The largest absolute Gasteiger partial charge is 0.310 e. The van der Waals surface area contributed by atoms with E-state index < -0.39 is 0 Å². The first-order chi connectivity index (χ1) is 10.1. The Morgan fingerprint density at radius 2 is 1.81 bits per heavy atom. The zero-order chi connectivity index (χ0) is 15.2. The lowest BCUT2D eigenvalue weighted by Crippen LogP contribution is -2.19. The van der Waals surface area contributed by atoms with Crippen LogP contribution in [0.1, 0.15) is 43.1 Å². The van der Waals surface area contributed by atoms with E-state index in [2.05, 4.69) is 67.5 Å². The predicted octanol–water partition coefficient (Wildman–Crippen LogP) is 4.91. The quantitative estimate of drug-likeness (QED) is 0.820. The van der Waals surface area contributed by atoms with Crippen LogP contribution in [-0.2, 0) is 0 Å². The van der Waals surface area contributed by atoms with Crippen LogP contribution in [-0.4, -0.2) is 11.5 Å². The zero-order valence-electron chi connectivity index (χ0n) is 13.3. The number of benzene rings is 1. The van der Waals surface area contributed by atoms with Crippen LogP contribution >= 0.6 is 11.8 Å². The minimum atomic E-state index is 0.452. The van der Waals surface area contributed by atoms with Crippen LogP contribution in [0.2, 0.25) is 0 Å². The first kappa shape index (κ1) is 16.1. The molecule has 21 heavy (non-hydrogen) atoms. The van der Waals surface area contributed by atoms with Crippen molar-refractivity contribution in [3.8, 4) is 0 Å². The van der Waals surface area contributed by atoms with Gasteiger partial charge in [-0.25, -0.2) is 4.98 Å². The number of hydrogen-bond acceptors (Lipinski definition) is 3. The van der Waals surface area contributed by atoms with Crippen molar-refractivity contribution < 1.29 is 0 Å². The van der Waals surface area contributed by atoms with Gasteiger partial charge in [0.2, 0.25) is 0 Å². The van der Waals surface area contributed by atoms with Crippen LogP contribution in [0.25, 0.3) is 0 Å². The molecule has 1 heterocycles. The third-order valence-corrected chi connectivity index (χ3v) is 4.36. The summed E-state index contributed by atoms with van der Waals surface area (Å²) in [6.07, 6.45) is 1.11. The lowest BCUT2D eigenvalue weighted by molar-refractivity contribution is 0.537. The van der Waals surface area contributed by atoms with E-state index in [4.69, 9.17) is 0 Å². The summed E-state index contributed by atoms with van der Waals surface area (Å²) in [5.74, 6) is 0. The minimum absolute atomic E-state index is 0.452. The molecule has 0 amide bonds. The Kier molecular flexibility index (Phi) is 5.83. The molecule has 1 aromatic heterocycles. The Morgan fingerprint density at radius 3 is 2.38 bits per heavy atom. The van der Waals surface area contributed by atoms with E-state index in [1.807, 2.05) is 6.92 Å². The summed E-state index contributed by atoms with van der Waals surface area (Å²) in [5.41, 5.74) is 3.70. The van der Waals surface area contributed by atoms with Crippen molar-refractivity contribution in [2.24, 2.45) is 0 Å². The van der Waals surface area contributed by atoms with Gasteiger partial charge in [0, 0.05) is 16.6 Å². The van der Waals surface area contributed by atoms with E-state index in [1.54, 1.807) is 11.8 Å². The van der Waals surface area contributed by atoms with Gasteiger partial charge < -0.3 is 5.32 Å². The molecule has 0 saturated carbocycles. The van der Waals surface area contributed by atoms with E-state index in [0.29, 0.717) is 6.04 Å². The molecule has 0 spiro atoms. The summed E-state index contributed by atoms with van der Waals surface area (Å²) in [7, 11) is 0. The molecule has 1 aromatic carbocycles. The number of pyridine rings is 1. The van der Waals surface area contributed by atoms with E-state index >= 15 is 0 Å². The molecule has 1 unspecified atom stereocenters. The molecule has 0 aliphatic heterocycles. The average molecular weight is 300 g/mol. The van der Waals surface area contributed by atoms with E-state index in [0.717, 1.165) is 23.7 Å². The maximum Gasteiger partial charge on any atom is 0.101 e. The van der Waals surface area contributed by atoms with Crippen molar-refractivity contribution in [2.75, 3.05) is 6.54 Å². The lowest BCUT2D eigenvalue weighted by atomic mass is 10.1. The molecule has 1 atom stereocenters. The molecule has 2 rings (SSSR count). The third kappa shape index (κ3) is 4.58. The highest BCUT2D eigenvalue weighted by Crippen LogP contribution is 2.28. The number of rotatable bonds is 6. The Balaban J connectivity index is 2.11. The molecule has 112 valence electrons. The highest BCUT2D eigenvalue weighted by molar-refractivity contribution is 7.99. The minimum Gasteiger partial charge on any atom is -0.310 e. The molecule has 1 N–H and O–H groups in total. The van der Waals surface area contributed by atoms with Gasteiger partial charge in [-0.2, -0.15) is 0 Å². The Labute approximate surface area is 132 Å². The number of nitrogens with one attached hydrogen (secondary N) is 1. The Hall–Kier alpha value is -1.32. The topological polar surface area (TPSA) is 24.9 Å². The summed E-state index contributed by atoms with van der Waals surface area (Å²) >= 11 is 1.73. The SMILES string of the molecule is CCNC(CC)c1ccc(Sc2cc(C)cc(C)n2)cc1. The highest BCUT2D eigenvalue weighted by Gasteiger charge is 2.08. The van der Waals surface area contributed by atoms with Gasteiger partial charge in [-0.1, -0.05) is 37.7 Å². The summed E-state index contributed by atoms with van der Waals surface area (Å²) < 4.78 is 0. The molecule has 2 nitrogen and oxygen atoms in total. The van der Waals surface area contributed by atoms with Crippen LogP contribution in [0, 0.1) is 13.8 Å². The third-order valence-electron chi connectivity index (χ3n) is 3.44. The maximum atomic E-state index is 4.58. The first-order valence-corrected chi connectivity index (χ1v) is 8.40. The lowest BCUT2D eigenvalue weighted by Gasteiger charge is -2.16. The number of aromatic nitrogens is 1. The monoisotopic (exact) mass is 300 g/mol. The van der Waals surface area contributed by atoms with Crippen LogP contribution < -0.4 is 5.32 Å². The first-order valence-electron chi connectivity index (χ1n) is 7.58. The van der Waals surface area contributed by atoms with Crippen molar-refractivity contribution in [3.63, 3.8) is 0 Å². The molecule has 0 aliphatic rings. The smallest absolute Gasteiger partial charge is 0.101 e. The Bertz CT molecular complexity index is 558. The van der Waals surface area contributed by atoms with Crippen molar-refractivity contribution in [1.82, 2.24) is 10.3 Å². The molecular weight excluding hydrogens is 276 g/mol. The second-order valence-electron chi connectivity index (χ2n) is 5.31. The number of aryl methyl sites for hydroxylation is 2. The van der Waals surface area contributed by atoms with Crippen molar-refractivity contribution in [1.29, 1.82) is 0 Å². The molecule has 0 aliphatic carbocycles. The van der Waals surface area contributed by atoms with Crippen LogP contribution in [0.5, 0.6) is 0 Å². The zero-order valence-corrected chi connectivity index (χ0v) is 14.1. The van der Waals surface area contributed by atoms with Gasteiger partial charge >= 0.3 is 0 Å². The summed E-state index contributed by atoms with van der Waals surface area (Å²) in [4.78, 5) is 5.82. The highest BCUT2D eigenvalue weighted by atomic mass is 32.2. The standard InChI is InChI=1S/C18H24N2S/c1-5-17(19-6-2)15-7-9-16(10-8-15)21-18-12-13(3)11-14(4)20-18/h7-12,17,19H,5-6H2,1-4H3. The molecule has 0 saturated heterocycles. The van der Waals surface area contributed by atoms with Crippen molar-refractivity contribution in [2.45, 2.75) is 50.1 Å². The number of hydrogen-bond donors (Lipinski definition) is 1. The normalized spacial score (nSPS) is 12.4. The molecule has 0 radical (unpaired) electrons. The van der Waals surface area contributed by atoms with E-state index in [1.165, 1.54) is 16.0 Å². The fourth-order valence-corrected chi connectivity index (χ4v) is 3.44. The molecule has 0 fully saturated rings. The molecular formula is C18H24N2S. The van der Waals surface area contributed by atoms with Gasteiger partial charge in [-0.05, 0) is 62.2 Å². The van der Waals surface area contributed by atoms with Gasteiger partial charge in [-0.15, -0.1) is 0 Å². The molecule has 2 aromatic rings. The van der Waals surface area contributed by atoms with Crippen LogP contribution in [0.3, 0.4) is 0 Å². The fourth-order valence-electron chi connectivity index (χ4n) is 2.49. The average Bonchev–Trinajstić information content (AvgIpc) is 2.45. The fraction of sp³-hybridized carbons (Fsp3) is 0.389. The summed E-state index contributed by atoms with van der Waals surface area (Å²) in [5, 5.41) is 4.58. The van der Waals surface area contributed by atoms with Gasteiger partial charge in [0.15, 0.2) is 0 Å². The van der Waals surface area contributed by atoms with Gasteiger partial charge in [0.1, 0.15) is 5.03 Å². The van der Waals surface area contributed by atoms with Crippen LogP contribution in [0.15, 0.2) is 46.3 Å². The van der Waals surface area contributed by atoms with Crippen LogP contribution in [0.4, 0.5) is 0 Å². The van der Waals surface area contributed by atoms with Crippen molar-refractivity contribution >= 4 is 11.8 Å². The second-order valence-corrected chi connectivity index (χ2v) is 6.41. The Morgan fingerprint density at radius 1 is 1.10 bits per heavy atom. The predicted molar refractivity (Wildman–Crippen MR) is 91.0 cm³/mol. The van der Waals surface area contributed by atoms with Gasteiger partial charge in [-0.3, -0.25) is 0 Å². The van der Waals surface area contributed by atoms with E-state index in [-0.39, 0.29) is 0 Å². The second kappa shape index (κ2) is 7.62. The summed E-state index contributed by atoms with van der Waals surface area (Å²) in [6.45, 7) is 9.53. The van der Waals surface area contributed by atoms with E-state index in [9.17, 15) is 0 Å². The summed E-state index contributed by atoms with van der Waals surface area (Å²) in [6, 6.07) is 13.5. The maximum absolute atomic E-state index is 4.58. The molecule has 3 heteroatoms. The van der Waals surface area contributed by atoms with Gasteiger partial charge in [0.25, 0.3) is 0 Å². The van der Waals surface area contributed by atoms with Crippen molar-refractivity contribution in [3.05, 3.63) is 53.2 Å². The van der Waals surface area contributed by atoms with Gasteiger partial charge in [0.05, 0.1) is 0 Å².